The molecule has 54 valence electrons. The van der Waals surface area contributed by atoms with E-state index in [2.05, 4.69) is 0 Å². The largest absolute Gasteiger partial charge is 0.355 e. The molecule has 1 saturated heterocycles. The molecule has 2 unspecified atom stereocenters. The van der Waals surface area contributed by atoms with Crippen molar-refractivity contribution in [2.75, 3.05) is 13.4 Å². The van der Waals surface area contributed by atoms with Crippen LogP contribution in [0.4, 0.5) is 4.39 Å². The predicted octanol–water partition coefficient (Wildman–Crippen LogP) is 1.11. The second kappa shape index (κ2) is 3.13. The molecule has 1 rings (SSSR count). The summed E-state index contributed by atoms with van der Waals surface area (Å²) in [5, 5.41) is 0. The maximum absolute atomic E-state index is 12.4. The molecule has 1 fully saturated rings. The quantitative estimate of drug-likeness (QED) is 0.534. The van der Waals surface area contributed by atoms with Crippen LogP contribution in [0.2, 0.25) is 0 Å². The Hall–Kier alpha value is -0.150. The summed E-state index contributed by atoms with van der Waals surface area (Å²) in [6.07, 6.45) is -0.426. The monoisotopic (exact) mass is 134 g/mol. The van der Waals surface area contributed by atoms with Gasteiger partial charge in [0, 0.05) is 0 Å². The molecule has 1 aliphatic heterocycles. The van der Waals surface area contributed by atoms with Crippen molar-refractivity contribution in [1.82, 2.24) is 0 Å². The molecular formula is C6H11FO2. The Bertz CT molecular complexity index is 79.1. The van der Waals surface area contributed by atoms with Crippen molar-refractivity contribution in [2.45, 2.75) is 25.6 Å². The van der Waals surface area contributed by atoms with Gasteiger partial charge in [-0.1, -0.05) is 0 Å². The van der Waals surface area contributed by atoms with Crippen molar-refractivity contribution in [1.29, 1.82) is 0 Å². The van der Waals surface area contributed by atoms with E-state index in [9.17, 15) is 4.39 Å². The average Bonchev–Trinajstić information content (AvgIpc) is 1.90. The first-order chi connectivity index (χ1) is 4.30. The third-order valence-corrected chi connectivity index (χ3v) is 1.42. The van der Waals surface area contributed by atoms with Gasteiger partial charge < -0.3 is 9.47 Å². The van der Waals surface area contributed by atoms with Crippen LogP contribution >= 0.6 is 0 Å². The van der Waals surface area contributed by atoms with Crippen LogP contribution in [-0.4, -0.2) is 25.7 Å². The molecule has 0 bridgehead atoms. The summed E-state index contributed by atoms with van der Waals surface area (Å²) in [4.78, 5) is 0. The number of halogens is 1. The third kappa shape index (κ3) is 1.91. The van der Waals surface area contributed by atoms with Crippen molar-refractivity contribution >= 4 is 0 Å². The molecule has 0 saturated carbocycles. The maximum Gasteiger partial charge on any atom is 0.147 e. The molecule has 0 radical (unpaired) electrons. The van der Waals surface area contributed by atoms with E-state index in [-0.39, 0.29) is 12.9 Å². The first-order valence-corrected chi connectivity index (χ1v) is 3.14. The van der Waals surface area contributed by atoms with Crippen LogP contribution in [0.3, 0.4) is 0 Å². The van der Waals surface area contributed by atoms with Gasteiger partial charge in [0.05, 0.1) is 12.7 Å². The highest BCUT2D eigenvalue weighted by atomic mass is 19.1. The second-order valence-corrected chi connectivity index (χ2v) is 2.20. The summed E-state index contributed by atoms with van der Waals surface area (Å²) in [5.41, 5.74) is 0. The van der Waals surface area contributed by atoms with Crippen LogP contribution in [-0.2, 0) is 9.47 Å². The van der Waals surface area contributed by atoms with Crippen molar-refractivity contribution < 1.29 is 13.9 Å². The van der Waals surface area contributed by atoms with Gasteiger partial charge >= 0.3 is 0 Å². The molecule has 2 atom stereocenters. The van der Waals surface area contributed by atoms with Gasteiger partial charge in [0.1, 0.15) is 13.0 Å². The van der Waals surface area contributed by atoms with E-state index >= 15 is 0 Å². The van der Waals surface area contributed by atoms with Crippen LogP contribution in [0, 0.1) is 0 Å². The van der Waals surface area contributed by atoms with Gasteiger partial charge in [0.25, 0.3) is 0 Å². The molecule has 0 spiro atoms. The van der Waals surface area contributed by atoms with E-state index in [0.717, 1.165) is 0 Å². The highest BCUT2D eigenvalue weighted by Gasteiger charge is 2.19. The van der Waals surface area contributed by atoms with Crippen molar-refractivity contribution in [3.05, 3.63) is 0 Å². The fourth-order valence-corrected chi connectivity index (χ4v) is 0.840. The van der Waals surface area contributed by atoms with E-state index in [1.807, 2.05) is 0 Å². The van der Waals surface area contributed by atoms with Crippen molar-refractivity contribution in [3.8, 4) is 0 Å². The zero-order valence-electron chi connectivity index (χ0n) is 5.47. The SMILES string of the molecule is CC(F)C1CCOCO1. The van der Waals surface area contributed by atoms with Gasteiger partial charge in [-0.2, -0.15) is 0 Å². The van der Waals surface area contributed by atoms with Gasteiger partial charge in [-0.15, -0.1) is 0 Å². The zero-order valence-corrected chi connectivity index (χ0v) is 5.47. The summed E-state index contributed by atoms with van der Waals surface area (Å²) < 4.78 is 22.2. The molecule has 0 aromatic heterocycles. The molecule has 0 amide bonds. The van der Waals surface area contributed by atoms with Crippen LogP contribution in [0.15, 0.2) is 0 Å². The number of rotatable bonds is 1. The van der Waals surface area contributed by atoms with E-state index in [1.54, 1.807) is 0 Å². The minimum atomic E-state index is -0.867. The Morgan fingerprint density at radius 2 is 2.44 bits per heavy atom. The lowest BCUT2D eigenvalue weighted by molar-refractivity contribution is -0.155. The normalized spacial score (nSPS) is 32.0. The van der Waals surface area contributed by atoms with Gasteiger partial charge in [-0.05, 0) is 13.3 Å². The lowest BCUT2D eigenvalue weighted by Crippen LogP contribution is -2.30. The topological polar surface area (TPSA) is 18.5 Å². The fraction of sp³-hybridized carbons (Fsp3) is 1.00. The highest BCUT2D eigenvalue weighted by molar-refractivity contribution is 4.65. The van der Waals surface area contributed by atoms with Gasteiger partial charge in [-0.3, -0.25) is 0 Å². The number of ether oxygens (including phenoxy) is 2. The second-order valence-electron chi connectivity index (χ2n) is 2.20. The van der Waals surface area contributed by atoms with Gasteiger partial charge in [0.15, 0.2) is 0 Å². The summed E-state index contributed by atoms with van der Waals surface area (Å²) >= 11 is 0. The van der Waals surface area contributed by atoms with Crippen LogP contribution in [0.1, 0.15) is 13.3 Å². The van der Waals surface area contributed by atoms with Crippen molar-refractivity contribution in [2.24, 2.45) is 0 Å². The summed E-state index contributed by atoms with van der Waals surface area (Å²) in [7, 11) is 0. The molecule has 2 nitrogen and oxygen atoms in total. The lowest BCUT2D eigenvalue weighted by Gasteiger charge is -2.23. The van der Waals surface area contributed by atoms with Gasteiger partial charge in [-0.25, -0.2) is 4.39 Å². The Kier molecular flexibility index (Phi) is 2.42. The molecule has 3 heteroatoms. The first-order valence-electron chi connectivity index (χ1n) is 3.14. The molecule has 0 aromatic rings. The Balaban J connectivity index is 2.23. The van der Waals surface area contributed by atoms with Crippen molar-refractivity contribution in [3.63, 3.8) is 0 Å². The molecule has 1 aliphatic rings. The minimum Gasteiger partial charge on any atom is -0.355 e. The van der Waals surface area contributed by atoms with E-state index in [0.29, 0.717) is 13.0 Å². The van der Waals surface area contributed by atoms with Crippen LogP contribution in [0.5, 0.6) is 0 Å². The van der Waals surface area contributed by atoms with E-state index in [4.69, 9.17) is 9.47 Å². The highest BCUT2D eigenvalue weighted by Crippen LogP contribution is 2.11. The molecule has 0 aromatic carbocycles. The predicted molar refractivity (Wildman–Crippen MR) is 30.9 cm³/mol. The zero-order chi connectivity index (χ0) is 6.69. The summed E-state index contributed by atoms with van der Waals surface area (Å²) in [5.74, 6) is 0. The number of hydrogen-bond acceptors (Lipinski definition) is 2. The fourth-order valence-electron chi connectivity index (χ4n) is 0.840. The molecule has 9 heavy (non-hydrogen) atoms. The standard InChI is InChI=1S/C6H11FO2/c1-5(7)6-2-3-8-4-9-6/h5-6H,2-4H2,1H3. The minimum absolute atomic E-state index is 0.237. The van der Waals surface area contributed by atoms with Crippen LogP contribution in [0.25, 0.3) is 0 Å². The Morgan fingerprint density at radius 3 is 2.78 bits per heavy atom. The first kappa shape index (κ1) is 6.96. The number of alkyl halides is 1. The van der Waals surface area contributed by atoms with Crippen LogP contribution < -0.4 is 0 Å². The Morgan fingerprint density at radius 1 is 1.67 bits per heavy atom. The molecule has 0 N–H and O–H groups in total. The summed E-state index contributed by atoms with van der Waals surface area (Å²) in [6, 6.07) is 0. The molecular weight excluding hydrogens is 123 g/mol. The van der Waals surface area contributed by atoms with Gasteiger partial charge in [0.2, 0.25) is 0 Å². The number of hydrogen-bond donors (Lipinski definition) is 0. The molecule has 1 heterocycles. The maximum atomic E-state index is 12.4. The molecule has 0 aliphatic carbocycles. The van der Waals surface area contributed by atoms with E-state index in [1.165, 1.54) is 6.92 Å². The average molecular weight is 134 g/mol. The Labute approximate surface area is 54.0 Å². The lowest BCUT2D eigenvalue weighted by atomic mass is 10.2. The smallest absolute Gasteiger partial charge is 0.147 e. The third-order valence-electron chi connectivity index (χ3n) is 1.42. The van der Waals surface area contributed by atoms with E-state index < -0.39 is 6.17 Å². The summed E-state index contributed by atoms with van der Waals surface area (Å²) in [6.45, 7) is 2.38.